The first-order chi connectivity index (χ1) is 9.79. The maximum Gasteiger partial charge on any atom is 0.127 e. The lowest BCUT2D eigenvalue weighted by Gasteiger charge is -2.34. The fourth-order valence-corrected chi connectivity index (χ4v) is 3.77. The maximum atomic E-state index is 6.25. The Balaban J connectivity index is 1.51. The molecule has 20 heavy (non-hydrogen) atoms. The van der Waals surface area contributed by atoms with Crippen LogP contribution in [0.2, 0.25) is 5.02 Å². The SMILES string of the molecule is Clc1cc2c(c(CN3CCNC(C4CC4)C3)c1)OCC2. The number of hydrogen-bond acceptors (Lipinski definition) is 3. The van der Waals surface area contributed by atoms with E-state index in [-0.39, 0.29) is 0 Å². The number of hydrogen-bond donors (Lipinski definition) is 1. The van der Waals surface area contributed by atoms with E-state index >= 15 is 0 Å². The van der Waals surface area contributed by atoms with Crippen LogP contribution in [-0.2, 0) is 13.0 Å². The van der Waals surface area contributed by atoms with Gasteiger partial charge in [0.1, 0.15) is 5.75 Å². The van der Waals surface area contributed by atoms with Gasteiger partial charge in [0, 0.05) is 49.2 Å². The highest BCUT2D eigenvalue weighted by atomic mass is 35.5. The van der Waals surface area contributed by atoms with Crippen LogP contribution in [0, 0.1) is 5.92 Å². The van der Waals surface area contributed by atoms with E-state index in [1.807, 2.05) is 0 Å². The summed E-state index contributed by atoms with van der Waals surface area (Å²) in [5, 5.41) is 4.51. The predicted molar refractivity (Wildman–Crippen MR) is 80.4 cm³/mol. The van der Waals surface area contributed by atoms with Crippen molar-refractivity contribution in [2.45, 2.75) is 31.8 Å². The molecule has 1 aromatic carbocycles. The van der Waals surface area contributed by atoms with Gasteiger partial charge in [0.2, 0.25) is 0 Å². The lowest BCUT2D eigenvalue weighted by Crippen LogP contribution is -2.51. The largest absolute Gasteiger partial charge is 0.493 e. The van der Waals surface area contributed by atoms with Gasteiger partial charge in [0.25, 0.3) is 0 Å². The van der Waals surface area contributed by atoms with Crippen LogP contribution in [0.3, 0.4) is 0 Å². The van der Waals surface area contributed by atoms with Crippen molar-refractivity contribution in [3.63, 3.8) is 0 Å². The molecule has 1 aliphatic carbocycles. The highest BCUT2D eigenvalue weighted by Crippen LogP contribution is 2.36. The molecule has 1 atom stereocenters. The Hall–Kier alpha value is -0.770. The minimum Gasteiger partial charge on any atom is -0.493 e. The Morgan fingerprint density at radius 1 is 1.35 bits per heavy atom. The molecule has 4 heteroatoms. The quantitative estimate of drug-likeness (QED) is 0.926. The number of benzene rings is 1. The van der Waals surface area contributed by atoms with Gasteiger partial charge in [-0.05, 0) is 36.5 Å². The highest BCUT2D eigenvalue weighted by Gasteiger charge is 2.34. The van der Waals surface area contributed by atoms with Crippen molar-refractivity contribution in [3.05, 3.63) is 28.3 Å². The molecule has 1 unspecified atom stereocenters. The van der Waals surface area contributed by atoms with Gasteiger partial charge in [0.05, 0.1) is 6.61 Å². The number of nitrogens with zero attached hydrogens (tertiary/aromatic N) is 1. The Morgan fingerprint density at radius 3 is 3.10 bits per heavy atom. The molecule has 4 rings (SSSR count). The minimum absolute atomic E-state index is 0.692. The molecule has 0 spiro atoms. The lowest BCUT2D eigenvalue weighted by molar-refractivity contribution is 0.179. The molecule has 1 saturated carbocycles. The summed E-state index contributed by atoms with van der Waals surface area (Å²) in [6.45, 7) is 5.14. The molecule has 0 radical (unpaired) electrons. The molecule has 1 saturated heterocycles. The van der Waals surface area contributed by atoms with Crippen LogP contribution in [0.15, 0.2) is 12.1 Å². The van der Waals surface area contributed by atoms with Crippen molar-refractivity contribution in [2.75, 3.05) is 26.2 Å². The van der Waals surface area contributed by atoms with E-state index in [1.165, 1.54) is 24.0 Å². The number of rotatable bonds is 3. The zero-order chi connectivity index (χ0) is 13.5. The summed E-state index contributed by atoms with van der Waals surface area (Å²) in [4.78, 5) is 2.55. The Kier molecular flexibility index (Phi) is 3.37. The van der Waals surface area contributed by atoms with Crippen LogP contribution >= 0.6 is 11.6 Å². The Bertz CT molecular complexity index is 515. The first kappa shape index (κ1) is 12.9. The van der Waals surface area contributed by atoms with Crippen molar-refractivity contribution in [1.29, 1.82) is 0 Å². The Morgan fingerprint density at radius 2 is 2.25 bits per heavy atom. The predicted octanol–water partition coefficient (Wildman–Crippen LogP) is 2.46. The van der Waals surface area contributed by atoms with E-state index < -0.39 is 0 Å². The van der Waals surface area contributed by atoms with Gasteiger partial charge in [-0.3, -0.25) is 4.90 Å². The summed E-state index contributed by atoms with van der Waals surface area (Å²) < 4.78 is 5.81. The number of piperazine rings is 1. The van der Waals surface area contributed by atoms with E-state index in [0.29, 0.717) is 6.04 Å². The van der Waals surface area contributed by atoms with E-state index in [0.717, 1.165) is 55.9 Å². The number of fused-ring (bicyclic) bond motifs is 1. The second-order valence-electron chi connectivity index (χ2n) is 6.28. The number of ether oxygens (including phenoxy) is 1. The monoisotopic (exact) mass is 292 g/mol. The van der Waals surface area contributed by atoms with Crippen LogP contribution in [0.25, 0.3) is 0 Å². The molecular formula is C16H21ClN2O. The smallest absolute Gasteiger partial charge is 0.127 e. The van der Waals surface area contributed by atoms with Crippen LogP contribution in [0.4, 0.5) is 0 Å². The van der Waals surface area contributed by atoms with Gasteiger partial charge < -0.3 is 10.1 Å². The van der Waals surface area contributed by atoms with Gasteiger partial charge >= 0.3 is 0 Å². The van der Waals surface area contributed by atoms with E-state index in [4.69, 9.17) is 16.3 Å². The standard InChI is InChI=1S/C16H21ClN2O/c17-14-7-12-3-6-20-16(12)13(8-14)9-19-5-4-18-15(10-19)11-1-2-11/h7-8,11,15,18H,1-6,9-10H2. The summed E-state index contributed by atoms with van der Waals surface area (Å²) in [6, 6.07) is 4.83. The van der Waals surface area contributed by atoms with Crippen LogP contribution < -0.4 is 10.1 Å². The summed E-state index contributed by atoms with van der Waals surface area (Å²) in [6.07, 6.45) is 3.80. The molecule has 0 bridgehead atoms. The molecule has 108 valence electrons. The fraction of sp³-hybridized carbons (Fsp3) is 0.625. The molecule has 2 aliphatic heterocycles. The maximum absolute atomic E-state index is 6.25. The van der Waals surface area contributed by atoms with Crippen molar-refractivity contribution in [3.8, 4) is 5.75 Å². The molecule has 3 nitrogen and oxygen atoms in total. The van der Waals surface area contributed by atoms with Crippen molar-refractivity contribution in [2.24, 2.45) is 5.92 Å². The van der Waals surface area contributed by atoms with Gasteiger partial charge in [-0.2, -0.15) is 0 Å². The van der Waals surface area contributed by atoms with Crippen LogP contribution in [0.1, 0.15) is 24.0 Å². The van der Waals surface area contributed by atoms with Gasteiger partial charge in [-0.15, -0.1) is 0 Å². The van der Waals surface area contributed by atoms with Gasteiger partial charge in [-0.1, -0.05) is 11.6 Å². The summed E-state index contributed by atoms with van der Waals surface area (Å²) in [5.41, 5.74) is 2.54. The van der Waals surface area contributed by atoms with Crippen molar-refractivity contribution in [1.82, 2.24) is 10.2 Å². The first-order valence-electron chi connectivity index (χ1n) is 7.69. The molecule has 1 N–H and O–H groups in total. The highest BCUT2D eigenvalue weighted by molar-refractivity contribution is 6.30. The van der Waals surface area contributed by atoms with Gasteiger partial charge in [0.15, 0.2) is 0 Å². The van der Waals surface area contributed by atoms with Gasteiger partial charge in [-0.25, -0.2) is 0 Å². The molecule has 1 aromatic rings. The van der Waals surface area contributed by atoms with Crippen molar-refractivity contribution < 1.29 is 4.74 Å². The third kappa shape index (κ3) is 2.54. The fourth-order valence-electron chi connectivity index (χ4n) is 3.50. The molecule has 0 amide bonds. The van der Waals surface area contributed by atoms with E-state index in [9.17, 15) is 0 Å². The second-order valence-corrected chi connectivity index (χ2v) is 6.72. The third-order valence-electron chi connectivity index (χ3n) is 4.70. The minimum atomic E-state index is 0.692. The van der Waals surface area contributed by atoms with Crippen molar-refractivity contribution >= 4 is 11.6 Å². The molecular weight excluding hydrogens is 272 g/mol. The zero-order valence-corrected chi connectivity index (χ0v) is 12.5. The van der Waals surface area contributed by atoms with E-state index in [2.05, 4.69) is 22.3 Å². The zero-order valence-electron chi connectivity index (χ0n) is 11.7. The molecule has 3 aliphatic rings. The van der Waals surface area contributed by atoms with Crippen LogP contribution in [0.5, 0.6) is 5.75 Å². The number of halogens is 1. The molecule has 2 heterocycles. The first-order valence-corrected chi connectivity index (χ1v) is 8.07. The summed E-state index contributed by atoms with van der Waals surface area (Å²) in [7, 11) is 0. The molecule has 2 fully saturated rings. The summed E-state index contributed by atoms with van der Waals surface area (Å²) in [5.74, 6) is 2.01. The lowest BCUT2D eigenvalue weighted by atomic mass is 10.1. The third-order valence-corrected chi connectivity index (χ3v) is 4.92. The Labute approximate surface area is 125 Å². The topological polar surface area (TPSA) is 24.5 Å². The average Bonchev–Trinajstić information content (AvgIpc) is 3.18. The van der Waals surface area contributed by atoms with Crippen LogP contribution in [-0.4, -0.2) is 37.2 Å². The second kappa shape index (κ2) is 5.21. The van der Waals surface area contributed by atoms with E-state index in [1.54, 1.807) is 0 Å². The molecule has 0 aromatic heterocycles. The average molecular weight is 293 g/mol. The summed E-state index contributed by atoms with van der Waals surface area (Å²) >= 11 is 6.25. The number of nitrogens with one attached hydrogen (secondary N) is 1. The normalized spacial score (nSPS) is 26.4.